The lowest BCUT2D eigenvalue weighted by Crippen LogP contribution is -2.22. The molecule has 2 heterocycles. The molecule has 2 aromatic rings. The van der Waals surface area contributed by atoms with Crippen molar-refractivity contribution in [2.24, 2.45) is 0 Å². The van der Waals surface area contributed by atoms with Crippen LogP contribution in [0.5, 0.6) is 11.5 Å². The SMILES string of the molecule is CCc1cc(C2CCCN2Cc2ccc(OC(C)C)c(OC)c2)on1. The van der Waals surface area contributed by atoms with E-state index in [1.807, 2.05) is 19.9 Å². The largest absolute Gasteiger partial charge is 0.493 e. The number of benzene rings is 1. The smallest absolute Gasteiger partial charge is 0.161 e. The molecule has 5 nitrogen and oxygen atoms in total. The maximum Gasteiger partial charge on any atom is 0.161 e. The molecule has 1 fully saturated rings. The van der Waals surface area contributed by atoms with E-state index in [2.05, 4.69) is 35.2 Å². The third kappa shape index (κ3) is 4.15. The van der Waals surface area contributed by atoms with E-state index in [0.717, 1.165) is 48.9 Å². The van der Waals surface area contributed by atoms with Crippen LogP contribution in [-0.2, 0) is 13.0 Å². The van der Waals surface area contributed by atoms with Crippen LogP contribution >= 0.6 is 0 Å². The number of aryl methyl sites for hydroxylation is 1. The van der Waals surface area contributed by atoms with Crippen molar-refractivity contribution in [2.75, 3.05) is 13.7 Å². The second-order valence-electron chi connectivity index (χ2n) is 6.85. The first-order valence-electron chi connectivity index (χ1n) is 9.13. The predicted octanol–water partition coefficient (Wildman–Crippen LogP) is 4.37. The van der Waals surface area contributed by atoms with Crippen LogP contribution in [0, 0.1) is 0 Å². The first kappa shape index (κ1) is 17.8. The van der Waals surface area contributed by atoms with Crippen LogP contribution in [0.4, 0.5) is 0 Å². The van der Waals surface area contributed by atoms with Gasteiger partial charge in [-0.2, -0.15) is 0 Å². The molecule has 0 amide bonds. The number of hydrogen-bond acceptors (Lipinski definition) is 5. The highest BCUT2D eigenvalue weighted by Crippen LogP contribution is 2.35. The summed E-state index contributed by atoms with van der Waals surface area (Å²) in [6, 6.07) is 8.61. The van der Waals surface area contributed by atoms with Gasteiger partial charge in [0.15, 0.2) is 17.3 Å². The fraction of sp³-hybridized carbons (Fsp3) is 0.550. The molecule has 5 heteroatoms. The Bertz CT molecular complexity index is 696. The molecule has 0 spiro atoms. The molecule has 0 aliphatic carbocycles. The summed E-state index contributed by atoms with van der Waals surface area (Å²) in [6.07, 6.45) is 3.33. The summed E-state index contributed by atoms with van der Waals surface area (Å²) in [6.45, 7) is 8.07. The molecule has 3 rings (SSSR count). The van der Waals surface area contributed by atoms with Crippen molar-refractivity contribution < 1.29 is 14.0 Å². The van der Waals surface area contributed by atoms with Crippen LogP contribution in [-0.4, -0.2) is 29.8 Å². The number of nitrogens with zero attached hydrogens (tertiary/aromatic N) is 2. The second kappa shape index (κ2) is 7.91. The minimum atomic E-state index is 0.127. The van der Waals surface area contributed by atoms with Gasteiger partial charge in [0.2, 0.25) is 0 Å². The molecular weight excluding hydrogens is 316 g/mol. The van der Waals surface area contributed by atoms with Crippen molar-refractivity contribution in [1.29, 1.82) is 0 Å². The number of aromatic nitrogens is 1. The van der Waals surface area contributed by atoms with Crippen LogP contribution in [0.15, 0.2) is 28.8 Å². The van der Waals surface area contributed by atoms with Crippen LogP contribution < -0.4 is 9.47 Å². The van der Waals surface area contributed by atoms with Gasteiger partial charge in [-0.3, -0.25) is 4.90 Å². The molecule has 0 N–H and O–H groups in total. The first-order valence-corrected chi connectivity index (χ1v) is 9.13. The van der Waals surface area contributed by atoms with E-state index in [1.54, 1.807) is 7.11 Å². The molecule has 1 aliphatic rings. The summed E-state index contributed by atoms with van der Waals surface area (Å²) >= 11 is 0. The number of rotatable bonds is 7. The van der Waals surface area contributed by atoms with Gasteiger partial charge in [0, 0.05) is 12.6 Å². The zero-order valence-electron chi connectivity index (χ0n) is 15.6. The lowest BCUT2D eigenvalue weighted by atomic mass is 10.1. The van der Waals surface area contributed by atoms with Crippen molar-refractivity contribution in [1.82, 2.24) is 10.1 Å². The van der Waals surface area contributed by atoms with E-state index in [4.69, 9.17) is 14.0 Å². The molecule has 0 radical (unpaired) electrons. The zero-order valence-corrected chi connectivity index (χ0v) is 15.6. The monoisotopic (exact) mass is 344 g/mol. The van der Waals surface area contributed by atoms with Gasteiger partial charge in [-0.15, -0.1) is 0 Å². The number of methoxy groups -OCH3 is 1. The average molecular weight is 344 g/mol. The topological polar surface area (TPSA) is 47.7 Å². The summed E-state index contributed by atoms with van der Waals surface area (Å²) in [5, 5.41) is 4.15. The Kier molecular flexibility index (Phi) is 5.63. The van der Waals surface area contributed by atoms with Gasteiger partial charge in [-0.05, 0) is 57.4 Å². The Morgan fingerprint density at radius 1 is 1.28 bits per heavy atom. The van der Waals surface area contributed by atoms with Crippen LogP contribution in [0.1, 0.15) is 56.7 Å². The molecule has 1 unspecified atom stereocenters. The summed E-state index contributed by atoms with van der Waals surface area (Å²) in [7, 11) is 1.69. The highest BCUT2D eigenvalue weighted by Gasteiger charge is 2.29. The molecule has 1 aromatic carbocycles. The first-order chi connectivity index (χ1) is 12.1. The number of hydrogen-bond donors (Lipinski definition) is 0. The van der Waals surface area contributed by atoms with Crippen LogP contribution in [0.25, 0.3) is 0 Å². The molecule has 1 aliphatic heterocycles. The fourth-order valence-corrected chi connectivity index (χ4v) is 3.39. The summed E-state index contributed by atoms with van der Waals surface area (Å²) < 4.78 is 16.9. The van der Waals surface area contributed by atoms with E-state index in [0.29, 0.717) is 6.04 Å². The van der Waals surface area contributed by atoms with Gasteiger partial charge < -0.3 is 14.0 Å². The molecule has 0 bridgehead atoms. The Morgan fingerprint density at radius 2 is 2.12 bits per heavy atom. The Morgan fingerprint density at radius 3 is 2.80 bits per heavy atom. The summed E-state index contributed by atoms with van der Waals surface area (Å²) in [5.74, 6) is 2.57. The molecule has 0 saturated carbocycles. The third-order valence-corrected chi connectivity index (χ3v) is 4.61. The van der Waals surface area contributed by atoms with Gasteiger partial charge in [0.25, 0.3) is 0 Å². The van der Waals surface area contributed by atoms with Crippen LogP contribution in [0.3, 0.4) is 0 Å². The lowest BCUT2D eigenvalue weighted by Gasteiger charge is -2.23. The zero-order chi connectivity index (χ0) is 17.8. The van der Waals surface area contributed by atoms with Gasteiger partial charge in [0.1, 0.15) is 0 Å². The average Bonchev–Trinajstić information content (AvgIpc) is 3.24. The second-order valence-corrected chi connectivity index (χ2v) is 6.85. The highest BCUT2D eigenvalue weighted by atomic mass is 16.5. The highest BCUT2D eigenvalue weighted by molar-refractivity contribution is 5.43. The number of likely N-dealkylation sites (tertiary alicyclic amines) is 1. The predicted molar refractivity (Wildman–Crippen MR) is 97.0 cm³/mol. The lowest BCUT2D eigenvalue weighted by molar-refractivity contribution is 0.205. The van der Waals surface area contributed by atoms with Crippen molar-refractivity contribution in [3.8, 4) is 11.5 Å². The number of ether oxygens (including phenoxy) is 2. The van der Waals surface area contributed by atoms with E-state index >= 15 is 0 Å². The molecule has 1 aromatic heterocycles. The summed E-state index contributed by atoms with van der Waals surface area (Å²) in [5.41, 5.74) is 2.24. The molecule has 1 saturated heterocycles. The molecule has 1 atom stereocenters. The van der Waals surface area contributed by atoms with E-state index in [-0.39, 0.29) is 6.10 Å². The van der Waals surface area contributed by atoms with Gasteiger partial charge in [0.05, 0.1) is 24.9 Å². The maximum atomic E-state index is 5.80. The normalized spacial score (nSPS) is 18.0. The molecular formula is C20H28N2O3. The van der Waals surface area contributed by atoms with Gasteiger partial charge in [-0.1, -0.05) is 18.1 Å². The van der Waals surface area contributed by atoms with E-state index < -0.39 is 0 Å². The maximum absolute atomic E-state index is 5.80. The third-order valence-electron chi connectivity index (χ3n) is 4.61. The minimum absolute atomic E-state index is 0.127. The minimum Gasteiger partial charge on any atom is -0.493 e. The Balaban J connectivity index is 1.74. The van der Waals surface area contributed by atoms with Gasteiger partial charge in [-0.25, -0.2) is 0 Å². The molecule has 25 heavy (non-hydrogen) atoms. The van der Waals surface area contributed by atoms with Crippen molar-refractivity contribution in [3.63, 3.8) is 0 Å². The fourth-order valence-electron chi connectivity index (χ4n) is 3.39. The quantitative estimate of drug-likeness (QED) is 0.746. The Labute approximate surface area is 149 Å². The molecule has 136 valence electrons. The summed E-state index contributed by atoms with van der Waals surface area (Å²) in [4.78, 5) is 2.46. The van der Waals surface area contributed by atoms with Gasteiger partial charge >= 0.3 is 0 Å². The Hall–Kier alpha value is -2.01. The van der Waals surface area contributed by atoms with Crippen molar-refractivity contribution >= 4 is 0 Å². The standard InChI is InChI=1S/C20H28N2O3/c1-5-16-12-19(25-21-16)17-7-6-10-22(17)13-15-8-9-18(24-14(2)3)20(11-15)23-4/h8-9,11-12,14,17H,5-7,10,13H2,1-4H3. The van der Waals surface area contributed by atoms with E-state index in [1.165, 1.54) is 12.0 Å². The van der Waals surface area contributed by atoms with Crippen molar-refractivity contribution in [2.45, 2.75) is 58.7 Å². The van der Waals surface area contributed by atoms with Crippen molar-refractivity contribution in [3.05, 3.63) is 41.3 Å². The van der Waals surface area contributed by atoms with E-state index in [9.17, 15) is 0 Å². The van der Waals surface area contributed by atoms with Crippen LogP contribution in [0.2, 0.25) is 0 Å².